The standard InChI is InChI=1S/C8H12F2N2/c1-5(2)12-6(3)4-7(11-12)8(9)10/h4-5,8H,1-3H3. The second-order valence-corrected chi connectivity index (χ2v) is 3.05. The summed E-state index contributed by atoms with van der Waals surface area (Å²) in [6, 6.07) is 1.56. The second kappa shape index (κ2) is 3.21. The summed E-state index contributed by atoms with van der Waals surface area (Å²) in [7, 11) is 0. The molecule has 1 aromatic heterocycles. The summed E-state index contributed by atoms with van der Waals surface area (Å²) >= 11 is 0. The van der Waals surface area contributed by atoms with E-state index in [1.807, 2.05) is 13.8 Å². The molecular formula is C8H12F2N2. The van der Waals surface area contributed by atoms with Crippen molar-refractivity contribution in [2.75, 3.05) is 0 Å². The van der Waals surface area contributed by atoms with Crippen LogP contribution in [0.3, 0.4) is 0 Å². The molecule has 0 saturated carbocycles. The first-order valence-electron chi connectivity index (χ1n) is 3.86. The lowest BCUT2D eigenvalue weighted by atomic mass is 10.3. The zero-order valence-electron chi connectivity index (χ0n) is 7.38. The van der Waals surface area contributed by atoms with Gasteiger partial charge in [0.2, 0.25) is 0 Å². The Morgan fingerprint density at radius 1 is 1.42 bits per heavy atom. The average molecular weight is 174 g/mol. The molecule has 4 heteroatoms. The number of nitrogens with zero attached hydrogens (tertiary/aromatic N) is 2. The number of hydrogen-bond donors (Lipinski definition) is 0. The molecule has 68 valence electrons. The van der Waals surface area contributed by atoms with Crippen molar-refractivity contribution in [3.05, 3.63) is 17.5 Å². The van der Waals surface area contributed by atoms with Crippen LogP contribution in [0.5, 0.6) is 0 Å². The maximum atomic E-state index is 12.1. The van der Waals surface area contributed by atoms with Crippen molar-refractivity contribution in [1.29, 1.82) is 0 Å². The van der Waals surface area contributed by atoms with Gasteiger partial charge in [0.1, 0.15) is 5.69 Å². The number of hydrogen-bond acceptors (Lipinski definition) is 1. The van der Waals surface area contributed by atoms with Gasteiger partial charge in [0.05, 0.1) is 0 Å². The molecule has 1 heterocycles. The van der Waals surface area contributed by atoms with Crippen LogP contribution >= 0.6 is 0 Å². The van der Waals surface area contributed by atoms with Gasteiger partial charge in [-0.15, -0.1) is 0 Å². The van der Waals surface area contributed by atoms with Gasteiger partial charge < -0.3 is 0 Å². The molecule has 12 heavy (non-hydrogen) atoms. The highest BCUT2D eigenvalue weighted by Crippen LogP contribution is 2.19. The maximum absolute atomic E-state index is 12.1. The summed E-state index contributed by atoms with van der Waals surface area (Å²) in [5.74, 6) is 0. The largest absolute Gasteiger partial charge is 0.282 e. The molecular weight excluding hydrogens is 162 g/mol. The summed E-state index contributed by atoms with van der Waals surface area (Å²) in [6.45, 7) is 5.60. The summed E-state index contributed by atoms with van der Waals surface area (Å²) < 4.78 is 25.9. The molecule has 0 amide bonds. The topological polar surface area (TPSA) is 17.8 Å². The molecule has 0 radical (unpaired) electrons. The molecule has 0 bridgehead atoms. The Morgan fingerprint density at radius 3 is 2.25 bits per heavy atom. The normalized spacial score (nSPS) is 11.6. The third kappa shape index (κ3) is 1.62. The number of alkyl halides is 2. The van der Waals surface area contributed by atoms with Crippen molar-refractivity contribution in [1.82, 2.24) is 9.78 Å². The highest BCUT2D eigenvalue weighted by molar-refractivity contribution is 5.10. The minimum Gasteiger partial charge on any atom is -0.267 e. The molecule has 0 saturated heterocycles. The Bertz CT molecular complexity index is 266. The van der Waals surface area contributed by atoms with E-state index >= 15 is 0 Å². The lowest BCUT2D eigenvalue weighted by Gasteiger charge is -2.06. The maximum Gasteiger partial charge on any atom is 0.282 e. The number of aryl methyl sites for hydroxylation is 1. The van der Waals surface area contributed by atoms with Gasteiger partial charge in [0, 0.05) is 11.7 Å². The summed E-state index contributed by atoms with van der Waals surface area (Å²) in [4.78, 5) is 0. The minimum absolute atomic E-state index is 0.137. The van der Waals surface area contributed by atoms with Gasteiger partial charge in [-0.3, -0.25) is 4.68 Å². The molecule has 2 nitrogen and oxygen atoms in total. The van der Waals surface area contributed by atoms with Gasteiger partial charge in [0.15, 0.2) is 0 Å². The van der Waals surface area contributed by atoms with Gasteiger partial charge in [0.25, 0.3) is 6.43 Å². The zero-order valence-corrected chi connectivity index (χ0v) is 7.38. The predicted molar refractivity (Wildman–Crippen MR) is 42.3 cm³/mol. The van der Waals surface area contributed by atoms with E-state index in [1.54, 1.807) is 11.6 Å². The van der Waals surface area contributed by atoms with E-state index < -0.39 is 6.43 Å². The van der Waals surface area contributed by atoms with Crippen LogP contribution in [0, 0.1) is 6.92 Å². The molecule has 0 aromatic carbocycles. The fourth-order valence-corrected chi connectivity index (χ4v) is 1.14. The van der Waals surface area contributed by atoms with Crippen molar-refractivity contribution >= 4 is 0 Å². The second-order valence-electron chi connectivity index (χ2n) is 3.05. The number of aromatic nitrogens is 2. The van der Waals surface area contributed by atoms with Crippen molar-refractivity contribution in [2.45, 2.75) is 33.2 Å². The van der Waals surface area contributed by atoms with Crippen LogP contribution in [0.15, 0.2) is 6.07 Å². The van der Waals surface area contributed by atoms with Gasteiger partial charge in [-0.25, -0.2) is 8.78 Å². The van der Waals surface area contributed by atoms with Crippen LogP contribution in [-0.4, -0.2) is 9.78 Å². The highest BCUT2D eigenvalue weighted by Gasteiger charge is 2.14. The van der Waals surface area contributed by atoms with Crippen LogP contribution in [0.2, 0.25) is 0 Å². The van der Waals surface area contributed by atoms with E-state index in [2.05, 4.69) is 5.10 Å². The summed E-state index contributed by atoms with van der Waals surface area (Å²) in [6.07, 6.45) is -2.47. The molecule has 0 atom stereocenters. The summed E-state index contributed by atoms with van der Waals surface area (Å²) in [5, 5.41) is 3.78. The smallest absolute Gasteiger partial charge is 0.267 e. The van der Waals surface area contributed by atoms with Gasteiger partial charge in [-0.05, 0) is 26.8 Å². The van der Waals surface area contributed by atoms with E-state index in [-0.39, 0.29) is 11.7 Å². The van der Waals surface area contributed by atoms with Gasteiger partial charge >= 0.3 is 0 Å². The number of rotatable bonds is 2. The summed E-state index contributed by atoms with van der Waals surface area (Å²) in [5.41, 5.74) is 0.640. The van der Waals surface area contributed by atoms with Crippen LogP contribution in [0.1, 0.15) is 37.7 Å². The predicted octanol–water partition coefficient (Wildman–Crippen LogP) is 2.71. The van der Waals surface area contributed by atoms with E-state index in [1.165, 1.54) is 6.07 Å². The lowest BCUT2D eigenvalue weighted by Crippen LogP contribution is -2.05. The van der Waals surface area contributed by atoms with Crippen LogP contribution in [-0.2, 0) is 0 Å². The number of halogens is 2. The van der Waals surface area contributed by atoms with E-state index in [9.17, 15) is 8.78 Å². The fraction of sp³-hybridized carbons (Fsp3) is 0.625. The van der Waals surface area contributed by atoms with Crippen molar-refractivity contribution in [3.63, 3.8) is 0 Å². The molecule has 0 N–H and O–H groups in total. The lowest BCUT2D eigenvalue weighted by molar-refractivity contribution is 0.144. The average Bonchev–Trinajstić information content (AvgIpc) is 2.30. The Hall–Kier alpha value is -0.930. The molecule has 0 aliphatic carbocycles. The van der Waals surface area contributed by atoms with Gasteiger partial charge in [-0.1, -0.05) is 0 Å². The van der Waals surface area contributed by atoms with Crippen molar-refractivity contribution in [2.24, 2.45) is 0 Å². The van der Waals surface area contributed by atoms with Crippen LogP contribution < -0.4 is 0 Å². The Labute approximate surface area is 70.2 Å². The zero-order chi connectivity index (χ0) is 9.30. The minimum atomic E-state index is -2.47. The highest BCUT2D eigenvalue weighted by atomic mass is 19.3. The van der Waals surface area contributed by atoms with E-state index in [0.717, 1.165) is 5.69 Å². The van der Waals surface area contributed by atoms with Crippen LogP contribution in [0.4, 0.5) is 8.78 Å². The third-order valence-corrected chi connectivity index (χ3v) is 1.65. The molecule has 0 aliphatic rings. The Morgan fingerprint density at radius 2 is 2.00 bits per heavy atom. The molecule has 0 aliphatic heterocycles. The molecule has 0 unspecified atom stereocenters. The molecule has 1 rings (SSSR count). The van der Waals surface area contributed by atoms with Crippen LogP contribution in [0.25, 0.3) is 0 Å². The van der Waals surface area contributed by atoms with Gasteiger partial charge in [-0.2, -0.15) is 5.10 Å². The molecule has 0 spiro atoms. The Balaban J connectivity index is 3.00. The molecule has 0 fully saturated rings. The Kier molecular flexibility index (Phi) is 2.45. The third-order valence-electron chi connectivity index (χ3n) is 1.65. The van der Waals surface area contributed by atoms with E-state index in [0.29, 0.717) is 0 Å². The molecule has 1 aromatic rings. The van der Waals surface area contributed by atoms with Crippen molar-refractivity contribution < 1.29 is 8.78 Å². The monoisotopic (exact) mass is 174 g/mol. The van der Waals surface area contributed by atoms with Crippen molar-refractivity contribution in [3.8, 4) is 0 Å². The van der Waals surface area contributed by atoms with E-state index in [4.69, 9.17) is 0 Å². The SMILES string of the molecule is Cc1cc(C(F)F)nn1C(C)C. The quantitative estimate of drug-likeness (QED) is 0.674. The first-order valence-corrected chi connectivity index (χ1v) is 3.86. The first-order chi connectivity index (χ1) is 5.52. The first kappa shape index (κ1) is 9.16. The fourth-order valence-electron chi connectivity index (χ4n) is 1.14.